The molecule has 0 saturated carbocycles. The van der Waals surface area contributed by atoms with E-state index in [9.17, 15) is 9.18 Å². The normalized spacial score (nSPS) is 10.3. The standard InChI is InChI=1S/C16H16FNO/c1-11-5-3-4-6-13(11)9-16(19)18-15-10-14(17)8-7-12(15)2/h3-8,10H,9H2,1-2H3,(H,18,19). The van der Waals surface area contributed by atoms with Gasteiger partial charge in [0.15, 0.2) is 0 Å². The number of benzene rings is 2. The van der Waals surface area contributed by atoms with E-state index in [1.165, 1.54) is 12.1 Å². The minimum Gasteiger partial charge on any atom is -0.325 e. The Hall–Kier alpha value is -2.16. The van der Waals surface area contributed by atoms with Crippen molar-refractivity contribution in [1.29, 1.82) is 0 Å². The van der Waals surface area contributed by atoms with Crippen LogP contribution in [-0.2, 0) is 11.2 Å². The Labute approximate surface area is 112 Å². The van der Waals surface area contributed by atoms with E-state index in [1.807, 2.05) is 38.1 Å². The molecule has 0 aliphatic carbocycles. The van der Waals surface area contributed by atoms with Crippen LogP contribution in [0.2, 0.25) is 0 Å². The number of carbonyl (C=O) groups excluding carboxylic acids is 1. The Balaban J connectivity index is 2.10. The van der Waals surface area contributed by atoms with Crippen molar-refractivity contribution in [1.82, 2.24) is 0 Å². The number of hydrogen-bond donors (Lipinski definition) is 1. The van der Waals surface area contributed by atoms with Crippen LogP contribution in [0.4, 0.5) is 10.1 Å². The number of hydrogen-bond acceptors (Lipinski definition) is 1. The van der Waals surface area contributed by atoms with Gasteiger partial charge >= 0.3 is 0 Å². The summed E-state index contributed by atoms with van der Waals surface area (Å²) in [5.74, 6) is -0.486. The molecule has 3 heteroatoms. The fourth-order valence-corrected chi connectivity index (χ4v) is 1.90. The lowest BCUT2D eigenvalue weighted by Gasteiger charge is -2.09. The van der Waals surface area contributed by atoms with Gasteiger partial charge in [0.2, 0.25) is 5.91 Å². The van der Waals surface area contributed by atoms with Crippen LogP contribution in [-0.4, -0.2) is 5.91 Å². The molecule has 0 unspecified atom stereocenters. The first-order valence-corrected chi connectivity index (χ1v) is 6.17. The first-order chi connectivity index (χ1) is 9.06. The van der Waals surface area contributed by atoms with E-state index < -0.39 is 0 Å². The summed E-state index contributed by atoms with van der Waals surface area (Å²) in [4.78, 5) is 12.0. The zero-order valence-corrected chi connectivity index (χ0v) is 11.0. The lowest BCUT2D eigenvalue weighted by Crippen LogP contribution is -2.15. The molecule has 1 N–H and O–H groups in total. The monoisotopic (exact) mass is 257 g/mol. The van der Waals surface area contributed by atoms with Crippen molar-refractivity contribution >= 4 is 11.6 Å². The maximum Gasteiger partial charge on any atom is 0.228 e. The minimum absolute atomic E-state index is 0.136. The van der Waals surface area contributed by atoms with Crippen LogP contribution in [0.3, 0.4) is 0 Å². The molecule has 0 radical (unpaired) electrons. The fourth-order valence-electron chi connectivity index (χ4n) is 1.90. The van der Waals surface area contributed by atoms with Gasteiger partial charge in [0.25, 0.3) is 0 Å². The zero-order valence-electron chi connectivity index (χ0n) is 11.0. The highest BCUT2D eigenvalue weighted by Crippen LogP contribution is 2.17. The Morgan fingerprint density at radius 2 is 1.84 bits per heavy atom. The average Bonchev–Trinajstić information content (AvgIpc) is 2.37. The average molecular weight is 257 g/mol. The third kappa shape index (κ3) is 3.41. The van der Waals surface area contributed by atoms with Gasteiger partial charge in [-0.15, -0.1) is 0 Å². The summed E-state index contributed by atoms with van der Waals surface area (Å²) in [6.07, 6.45) is 0.294. The van der Waals surface area contributed by atoms with E-state index in [0.29, 0.717) is 12.1 Å². The van der Waals surface area contributed by atoms with Gasteiger partial charge in [-0.3, -0.25) is 4.79 Å². The third-order valence-corrected chi connectivity index (χ3v) is 3.09. The van der Waals surface area contributed by atoms with Gasteiger partial charge in [-0.2, -0.15) is 0 Å². The number of carbonyl (C=O) groups is 1. The van der Waals surface area contributed by atoms with Gasteiger partial charge < -0.3 is 5.32 Å². The first-order valence-electron chi connectivity index (χ1n) is 6.17. The maximum absolute atomic E-state index is 13.1. The number of halogens is 1. The molecule has 2 rings (SSSR count). The number of amides is 1. The van der Waals surface area contributed by atoms with Crippen LogP contribution in [0.25, 0.3) is 0 Å². The Kier molecular flexibility index (Phi) is 3.95. The van der Waals surface area contributed by atoms with E-state index in [4.69, 9.17) is 0 Å². The van der Waals surface area contributed by atoms with E-state index in [2.05, 4.69) is 5.32 Å². The van der Waals surface area contributed by atoms with Gasteiger partial charge in [-0.25, -0.2) is 4.39 Å². The number of rotatable bonds is 3. The van der Waals surface area contributed by atoms with Crippen molar-refractivity contribution in [2.75, 3.05) is 5.32 Å². The van der Waals surface area contributed by atoms with Gasteiger partial charge in [0.05, 0.1) is 6.42 Å². The quantitative estimate of drug-likeness (QED) is 0.894. The highest BCUT2D eigenvalue weighted by atomic mass is 19.1. The van der Waals surface area contributed by atoms with E-state index >= 15 is 0 Å². The minimum atomic E-state index is -0.350. The van der Waals surface area contributed by atoms with E-state index in [-0.39, 0.29) is 11.7 Å². The second kappa shape index (κ2) is 5.65. The molecule has 2 aromatic rings. The molecule has 0 bridgehead atoms. The summed E-state index contributed by atoms with van der Waals surface area (Å²) >= 11 is 0. The maximum atomic E-state index is 13.1. The summed E-state index contributed by atoms with van der Waals surface area (Å²) in [7, 11) is 0. The van der Waals surface area contributed by atoms with E-state index in [1.54, 1.807) is 6.07 Å². The first kappa shape index (κ1) is 13.3. The molecule has 0 atom stereocenters. The molecule has 2 aromatic carbocycles. The summed E-state index contributed by atoms with van der Waals surface area (Å²) < 4.78 is 13.1. The molecule has 19 heavy (non-hydrogen) atoms. The van der Waals surface area contributed by atoms with Gasteiger partial charge in [-0.1, -0.05) is 30.3 Å². The predicted molar refractivity (Wildman–Crippen MR) is 74.6 cm³/mol. The second-order valence-corrected chi connectivity index (χ2v) is 4.61. The second-order valence-electron chi connectivity index (χ2n) is 4.61. The van der Waals surface area contributed by atoms with Crippen molar-refractivity contribution in [3.05, 3.63) is 65.0 Å². The van der Waals surface area contributed by atoms with Crippen LogP contribution in [0.1, 0.15) is 16.7 Å². The number of anilines is 1. The lowest BCUT2D eigenvalue weighted by molar-refractivity contribution is -0.115. The van der Waals surface area contributed by atoms with Crippen molar-refractivity contribution in [3.63, 3.8) is 0 Å². The van der Waals surface area contributed by atoms with Crippen LogP contribution >= 0.6 is 0 Å². The van der Waals surface area contributed by atoms with Crippen molar-refractivity contribution in [2.24, 2.45) is 0 Å². The molecular weight excluding hydrogens is 241 g/mol. The molecule has 0 aliphatic rings. The highest BCUT2D eigenvalue weighted by molar-refractivity contribution is 5.93. The molecule has 0 aliphatic heterocycles. The van der Waals surface area contributed by atoms with Gasteiger partial charge in [0.1, 0.15) is 5.82 Å². The predicted octanol–water partition coefficient (Wildman–Crippen LogP) is 3.62. The molecule has 0 saturated heterocycles. The van der Waals surface area contributed by atoms with Gasteiger partial charge in [0, 0.05) is 5.69 Å². The molecular formula is C16H16FNO. The lowest BCUT2D eigenvalue weighted by atomic mass is 10.1. The molecule has 0 heterocycles. The smallest absolute Gasteiger partial charge is 0.228 e. The summed E-state index contributed by atoms with van der Waals surface area (Å²) in [5, 5.41) is 2.75. The fraction of sp³-hybridized carbons (Fsp3) is 0.188. The molecule has 98 valence electrons. The number of aryl methyl sites for hydroxylation is 2. The van der Waals surface area contributed by atoms with Crippen molar-refractivity contribution in [3.8, 4) is 0 Å². The van der Waals surface area contributed by atoms with Crippen LogP contribution < -0.4 is 5.32 Å². The van der Waals surface area contributed by atoms with E-state index in [0.717, 1.165) is 16.7 Å². The van der Waals surface area contributed by atoms with Gasteiger partial charge in [-0.05, 0) is 42.7 Å². The summed E-state index contributed by atoms with van der Waals surface area (Å²) in [6, 6.07) is 12.1. The number of nitrogens with one attached hydrogen (secondary N) is 1. The largest absolute Gasteiger partial charge is 0.325 e. The van der Waals surface area contributed by atoms with Crippen LogP contribution in [0.5, 0.6) is 0 Å². The molecule has 1 amide bonds. The Morgan fingerprint density at radius 3 is 2.58 bits per heavy atom. The van der Waals surface area contributed by atoms with Crippen LogP contribution in [0.15, 0.2) is 42.5 Å². The summed E-state index contributed by atoms with van der Waals surface area (Å²) in [6.45, 7) is 3.80. The molecule has 2 nitrogen and oxygen atoms in total. The third-order valence-electron chi connectivity index (χ3n) is 3.09. The topological polar surface area (TPSA) is 29.1 Å². The van der Waals surface area contributed by atoms with Crippen LogP contribution in [0, 0.1) is 19.7 Å². The molecule has 0 aromatic heterocycles. The summed E-state index contributed by atoms with van der Waals surface area (Å²) in [5.41, 5.74) is 3.43. The SMILES string of the molecule is Cc1ccccc1CC(=O)Nc1cc(F)ccc1C. The highest BCUT2D eigenvalue weighted by Gasteiger charge is 2.08. The van der Waals surface area contributed by atoms with Crippen molar-refractivity contribution < 1.29 is 9.18 Å². The molecule has 0 spiro atoms. The van der Waals surface area contributed by atoms with Crippen molar-refractivity contribution in [2.45, 2.75) is 20.3 Å². The molecule has 0 fully saturated rings. The Morgan fingerprint density at radius 1 is 1.11 bits per heavy atom. The Bertz CT molecular complexity index is 607. The zero-order chi connectivity index (χ0) is 13.8.